The average Bonchev–Trinajstić information content (AvgIpc) is 2.35. The number of alkyl carbamates (subject to hydrolysis) is 1. The molecule has 6 nitrogen and oxygen atoms in total. The quantitative estimate of drug-likeness (QED) is 0.585. The van der Waals surface area contributed by atoms with Gasteiger partial charge in [0.05, 0.1) is 25.4 Å². The van der Waals surface area contributed by atoms with E-state index in [-0.39, 0.29) is 13.2 Å². The van der Waals surface area contributed by atoms with Crippen LogP contribution < -0.4 is 5.32 Å². The summed E-state index contributed by atoms with van der Waals surface area (Å²) in [5, 5.41) is 12.0. The van der Waals surface area contributed by atoms with Crippen molar-refractivity contribution in [1.82, 2.24) is 5.32 Å². The molecule has 0 spiro atoms. The number of alkyl halides is 2. The van der Waals surface area contributed by atoms with Gasteiger partial charge in [-0.05, 0) is 53.3 Å². The van der Waals surface area contributed by atoms with Crippen LogP contribution in [0.2, 0.25) is 0 Å². The summed E-state index contributed by atoms with van der Waals surface area (Å²) in [4.78, 5) is 11.8. The first-order valence-corrected chi connectivity index (χ1v) is 10.4. The molecular formula is C14H28F2NO5PS. The first-order chi connectivity index (χ1) is 10.8. The van der Waals surface area contributed by atoms with E-state index in [1.807, 2.05) is 0 Å². The van der Waals surface area contributed by atoms with Crippen LogP contribution in [-0.2, 0) is 25.6 Å². The molecule has 0 aromatic heterocycles. The first kappa shape index (κ1) is 23.7. The van der Waals surface area contributed by atoms with Crippen LogP contribution in [-0.4, -0.2) is 47.8 Å². The number of halogens is 2. The van der Waals surface area contributed by atoms with Crippen molar-refractivity contribution in [1.29, 1.82) is 0 Å². The molecule has 0 bridgehead atoms. The number of aliphatic hydroxyl groups excluding tert-OH is 1. The molecule has 0 saturated carbocycles. The molecule has 1 amide bonds. The molecule has 0 aliphatic heterocycles. The van der Waals surface area contributed by atoms with Crippen molar-refractivity contribution in [2.75, 3.05) is 13.2 Å². The number of rotatable bonds is 9. The zero-order valence-corrected chi connectivity index (χ0v) is 16.7. The van der Waals surface area contributed by atoms with E-state index in [1.165, 1.54) is 6.92 Å². The molecule has 0 aromatic carbocycles. The summed E-state index contributed by atoms with van der Waals surface area (Å²) in [6, 6.07) is -1.27. The Morgan fingerprint density at radius 3 is 2.04 bits per heavy atom. The molecule has 0 rings (SSSR count). The van der Waals surface area contributed by atoms with Crippen LogP contribution >= 0.6 is 6.49 Å². The molecule has 2 N–H and O–H groups in total. The highest BCUT2D eigenvalue weighted by Gasteiger charge is 2.50. The number of hydrogen-bond acceptors (Lipinski definition) is 6. The predicted octanol–water partition coefficient (Wildman–Crippen LogP) is 3.63. The fourth-order valence-corrected chi connectivity index (χ4v) is 4.15. The predicted molar refractivity (Wildman–Crippen MR) is 91.9 cm³/mol. The maximum absolute atomic E-state index is 14.6. The molecule has 0 saturated heterocycles. The van der Waals surface area contributed by atoms with Crippen LogP contribution in [0, 0.1) is 0 Å². The lowest BCUT2D eigenvalue weighted by atomic mass is 10.1. The third-order valence-corrected chi connectivity index (χ3v) is 6.36. The summed E-state index contributed by atoms with van der Waals surface area (Å²) in [5.41, 5.74) is -4.31. The van der Waals surface area contributed by atoms with Crippen LogP contribution in [0.25, 0.3) is 0 Å². The van der Waals surface area contributed by atoms with Crippen LogP contribution in [0.5, 0.6) is 0 Å². The zero-order chi connectivity index (χ0) is 19.2. The highest BCUT2D eigenvalue weighted by molar-refractivity contribution is 8.10. The van der Waals surface area contributed by atoms with E-state index in [1.54, 1.807) is 34.6 Å². The van der Waals surface area contributed by atoms with Gasteiger partial charge in [-0.2, -0.15) is 8.78 Å². The van der Waals surface area contributed by atoms with Crippen LogP contribution in [0.4, 0.5) is 13.6 Å². The lowest BCUT2D eigenvalue weighted by molar-refractivity contribution is 0.0105. The van der Waals surface area contributed by atoms with Gasteiger partial charge in [0.25, 0.3) is 6.49 Å². The van der Waals surface area contributed by atoms with Gasteiger partial charge in [0, 0.05) is 6.42 Å². The lowest BCUT2D eigenvalue weighted by Crippen LogP contribution is -2.47. The molecule has 10 heteroatoms. The average molecular weight is 391 g/mol. The van der Waals surface area contributed by atoms with Crippen molar-refractivity contribution in [3.8, 4) is 0 Å². The van der Waals surface area contributed by atoms with E-state index in [0.717, 1.165) is 0 Å². The number of carbonyl (C=O) groups excluding carboxylic acids is 1. The summed E-state index contributed by atoms with van der Waals surface area (Å²) >= 11 is 4.93. The molecule has 0 aliphatic rings. The van der Waals surface area contributed by atoms with Crippen LogP contribution in [0.1, 0.15) is 48.0 Å². The molecule has 2 atom stereocenters. The fraction of sp³-hybridized carbons (Fsp3) is 0.929. The van der Waals surface area contributed by atoms with Crippen molar-refractivity contribution in [2.45, 2.75) is 71.4 Å². The van der Waals surface area contributed by atoms with Gasteiger partial charge in [-0.15, -0.1) is 0 Å². The number of nitrogens with one attached hydrogen (secondary N) is 1. The minimum atomic E-state index is -3.90. The minimum absolute atomic E-state index is 0.0221. The number of carbonyl (C=O) groups is 1. The Kier molecular flexibility index (Phi) is 9.25. The second-order valence-corrected chi connectivity index (χ2v) is 9.80. The van der Waals surface area contributed by atoms with E-state index >= 15 is 0 Å². The van der Waals surface area contributed by atoms with E-state index in [2.05, 4.69) is 5.32 Å². The molecule has 0 aliphatic carbocycles. The monoisotopic (exact) mass is 391 g/mol. The van der Waals surface area contributed by atoms with E-state index < -0.39 is 42.4 Å². The standard InChI is InChI=1S/C14H28F2NO5PS/c1-7-20-23(24,21-8-2)14(15,16)9-11(10(3)18)17-12(19)22-13(4,5)6/h10-11,18H,7-9H2,1-6H3,(H,17,19)/t10-,11+/m0/s1. The highest BCUT2D eigenvalue weighted by Crippen LogP contribution is 2.63. The van der Waals surface area contributed by atoms with Crippen molar-refractivity contribution in [2.24, 2.45) is 0 Å². The number of aliphatic hydroxyl groups is 1. The van der Waals surface area contributed by atoms with Crippen molar-refractivity contribution in [3.63, 3.8) is 0 Å². The number of hydrogen-bond donors (Lipinski definition) is 2. The van der Waals surface area contributed by atoms with Gasteiger partial charge in [0.1, 0.15) is 5.60 Å². The normalized spacial score (nSPS) is 15.7. The third kappa shape index (κ3) is 7.70. The van der Waals surface area contributed by atoms with Gasteiger partial charge in [-0.3, -0.25) is 0 Å². The van der Waals surface area contributed by atoms with Crippen LogP contribution in [0.15, 0.2) is 0 Å². The van der Waals surface area contributed by atoms with Gasteiger partial charge >= 0.3 is 11.8 Å². The summed E-state index contributed by atoms with van der Waals surface area (Å²) < 4.78 is 44.4. The smallest absolute Gasteiger partial charge is 0.407 e. The Morgan fingerprint density at radius 2 is 1.71 bits per heavy atom. The molecule has 0 radical (unpaired) electrons. The molecule has 0 heterocycles. The minimum Gasteiger partial charge on any atom is -0.444 e. The van der Waals surface area contributed by atoms with E-state index in [0.29, 0.717) is 0 Å². The van der Waals surface area contributed by atoms with Crippen LogP contribution in [0.3, 0.4) is 0 Å². The Morgan fingerprint density at radius 1 is 1.25 bits per heavy atom. The van der Waals surface area contributed by atoms with Crippen molar-refractivity contribution in [3.05, 3.63) is 0 Å². The summed E-state index contributed by atoms with van der Waals surface area (Å²) in [5.74, 6) is 0. The van der Waals surface area contributed by atoms with Gasteiger partial charge < -0.3 is 24.2 Å². The summed E-state index contributed by atoms with van der Waals surface area (Å²) in [6.07, 6.45) is -3.05. The number of amides is 1. The Hall–Kier alpha value is -0.340. The molecule has 0 fully saturated rings. The molecule has 0 aromatic rings. The lowest BCUT2D eigenvalue weighted by Gasteiger charge is -2.33. The van der Waals surface area contributed by atoms with Crippen molar-refractivity contribution < 1.29 is 32.5 Å². The third-order valence-electron chi connectivity index (χ3n) is 2.75. The summed E-state index contributed by atoms with van der Waals surface area (Å²) in [7, 11) is 0. The fourth-order valence-electron chi connectivity index (χ4n) is 1.74. The first-order valence-electron chi connectivity index (χ1n) is 7.72. The van der Waals surface area contributed by atoms with Gasteiger partial charge in [0.2, 0.25) is 0 Å². The molecule has 0 unspecified atom stereocenters. The second-order valence-electron chi connectivity index (χ2n) is 6.20. The Labute approximate surface area is 147 Å². The molecular weight excluding hydrogens is 363 g/mol. The maximum atomic E-state index is 14.6. The molecule has 144 valence electrons. The SMILES string of the molecule is CCOP(=S)(OCC)C(F)(F)C[C@@H](NC(=O)OC(C)(C)C)[C@H](C)O. The van der Waals surface area contributed by atoms with E-state index in [4.69, 9.17) is 25.6 Å². The number of ether oxygens (including phenoxy) is 1. The second kappa shape index (κ2) is 9.38. The van der Waals surface area contributed by atoms with Crippen molar-refractivity contribution >= 4 is 24.4 Å². The topological polar surface area (TPSA) is 77.0 Å². The maximum Gasteiger partial charge on any atom is 0.407 e. The Balaban J connectivity index is 5.21. The summed E-state index contributed by atoms with van der Waals surface area (Å²) in [6.45, 7) is 5.36. The van der Waals surface area contributed by atoms with Gasteiger partial charge in [-0.1, -0.05) is 0 Å². The largest absolute Gasteiger partial charge is 0.444 e. The molecule has 24 heavy (non-hydrogen) atoms. The van der Waals surface area contributed by atoms with Gasteiger partial charge in [0.15, 0.2) is 0 Å². The van der Waals surface area contributed by atoms with Gasteiger partial charge in [-0.25, -0.2) is 4.79 Å². The highest BCUT2D eigenvalue weighted by atomic mass is 32.5. The Bertz CT molecular complexity index is 447. The van der Waals surface area contributed by atoms with E-state index in [9.17, 15) is 18.7 Å². The zero-order valence-electron chi connectivity index (χ0n) is 15.0.